The first-order valence-electron chi connectivity index (χ1n) is 7.45. The molecule has 0 bridgehead atoms. The molecule has 1 N–H and O–H groups in total. The standard InChI is InChI=1S/C20H17NO2/c1-13-3-7-15(8-4-13)17-11-21-20(18(23)12-22)19(17)16-9-5-14(2)6-10-16/h3-12,21H,1-2H3. The number of H-pyrrole nitrogens is 1. The number of hydrogen-bond donors (Lipinski definition) is 1. The Morgan fingerprint density at radius 2 is 1.39 bits per heavy atom. The lowest BCUT2D eigenvalue weighted by atomic mass is 9.95. The van der Waals surface area contributed by atoms with Crippen LogP contribution >= 0.6 is 0 Å². The van der Waals surface area contributed by atoms with Crippen LogP contribution in [-0.4, -0.2) is 17.1 Å². The zero-order chi connectivity index (χ0) is 16.4. The number of aryl methyl sites for hydroxylation is 2. The average molecular weight is 303 g/mol. The number of carbonyl (C=O) groups is 2. The van der Waals surface area contributed by atoms with Gasteiger partial charge in [-0.1, -0.05) is 59.7 Å². The number of benzene rings is 2. The number of nitrogens with one attached hydrogen (secondary N) is 1. The molecule has 0 aliphatic rings. The highest BCUT2D eigenvalue weighted by atomic mass is 16.2. The molecule has 3 rings (SSSR count). The molecule has 0 atom stereocenters. The minimum atomic E-state index is -0.543. The van der Waals surface area contributed by atoms with E-state index in [2.05, 4.69) is 4.98 Å². The van der Waals surface area contributed by atoms with E-state index in [-0.39, 0.29) is 0 Å². The SMILES string of the molecule is Cc1ccc(-c2c[nH]c(C(=O)C=O)c2-c2ccc(C)cc2)cc1. The highest BCUT2D eigenvalue weighted by Crippen LogP contribution is 2.35. The van der Waals surface area contributed by atoms with Crippen LogP contribution < -0.4 is 0 Å². The Kier molecular flexibility index (Phi) is 3.94. The topological polar surface area (TPSA) is 49.9 Å². The summed E-state index contributed by atoms with van der Waals surface area (Å²) in [4.78, 5) is 25.9. The predicted octanol–water partition coefficient (Wildman–Crippen LogP) is 4.35. The van der Waals surface area contributed by atoms with E-state index in [0.29, 0.717) is 12.0 Å². The third-order valence-electron chi connectivity index (χ3n) is 3.94. The van der Waals surface area contributed by atoms with Crippen LogP contribution in [0.4, 0.5) is 0 Å². The molecule has 0 unspecified atom stereocenters. The molecule has 0 radical (unpaired) electrons. The molecule has 23 heavy (non-hydrogen) atoms. The second-order valence-electron chi connectivity index (χ2n) is 5.67. The Labute approximate surface area is 135 Å². The molecule has 1 heterocycles. The summed E-state index contributed by atoms with van der Waals surface area (Å²) in [5, 5.41) is 0. The summed E-state index contributed by atoms with van der Waals surface area (Å²) in [7, 11) is 0. The van der Waals surface area contributed by atoms with E-state index >= 15 is 0 Å². The molecule has 3 heteroatoms. The van der Waals surface area contributed by atoms with Gasteiger partial charge in [-0.15, -0.1) is 0 Å². The fourth-order valence-corrected chi connectivity index (χ4v) is 2.66. The van der Waals surface area contributed by atoms with Crippen molar-refractivity contribution >= 4 is 12.1 Å². The van der Waals surface area contributed by atoms with Crippen molar-refractivity contribution in [1.82, 2.24) is 4.98 Å². The predicted molar refractivity (Wildman–Crippen MR) is 91.5 cm³/mol. The highest BCUT2D eigenvalue weighted by molar-refractivity contribution is 6.34. The summed E-state index contributed by atoms with van der Waals surface area (Å²) in [6, 6.07) is 16.0. The fourth-order valence-electron chi connectivity index (χ4n) is 2.66. The van der Waals surface area contributed by atoms with E-state index in [4.69, 9.17) is 0 Å². The highest BCUT2D eigenvalue weighted by Gasteiger charge is 2.19. The maximum absolute atomic E-state index is 12.0. The van der Waals surface area contributed by atoms with Crippen molar-refractivity contribution in [2.24, 2.45) is 0 Å². The largest absolute Gasteiger partial charge is 0.357 e. The van der Waals surface area contributed by atoms with Crippen LogP contribution in [-0.2, 0) is 4.79 Å². The van der Waals surface area contributed by atoms with E-state index in [1.807, 2.05) is 62.4 Å². The molecule has 3 nitrogen and oxygen atoms in total. The van der Waals surface area contributed by atoms with Gasteiger partial charge in [-0.3, -0.25) is 9.59 Å². The Morgan fingerprint density at radius 3 is 1.91 bits per heavy atom. The molecular weight excluding hydrogens is 286 g/mol. The fraction of sp³-hybridized carbons (Fsp3) is 0.100. The van der Waals surface area contributed by atoms with Gasteiger partial charge in [0.2, 0.25) is 5.78 Å². The van der Waals surface area contributed by atoms with Crippen LogP contribution in [0.25, 0.3) is 22.3 Å². The van der Waals surface area contributed by atoms with E-state index in [1.165, 1.54) is 5.56 Å². The monoisotopic (exact) mass is 303 g/mol. The molecule has 0 saturated heterocycles. The molecule has 0 saturated carbocycles. The van der Waals surface area contributed by atoms with Gasteiger partial charge in [-0.25, -0.2) is 0 Å². The van der Waals surface area contributed by atoms with Crippen LogP contribution in [0.15, 0.2) is 54.7 Å². The number of aromatic amines is 1. The van der Waals surface area contributed by atoms with Gasteiger partial charge in [0, 0.05) is 17.3 Å². The number of hydrogen-bond acceptors (Lipinski definition) is 2. The van der Waals surface area contributed by atoms with Crippen LogP contribution in [0.2, 0.25) is 0 Å². The van der Waals surface area contributed by atoms with Crippen LogP contribution in [0, 0.1) is 13.8 Å². The minimum absolute atomic E-state index is 0.333. The summed E-state index contributed by atoms with van der Waals surface area (Å²) >= 11 is 0. The third kappa shape index (κ3) is 2.86. The van der Waals surface area contributed by atoms with Gasteiger partial charge in [0.25, 0.3) is 0 Å². The van der Waals surface area contributed by atoms with Gasteiger partial charge in [0.15, 0.2) is 6.29 Å². The Bertz CT molecular complexity index is 856. The summed E-state index contributed by atoms with van der Waals surface area (Å²) in [6.07, 6.45) is 2.14. The molecule has 1 aromatic heterocycles. The lowest BCUT2D eigenvalue weighted by molar-refractivity contribution is -0.104. The molecule has 3 aromatic rings. The average Bonchev–Trinajstić information content (AvgIpc) is 3.00. The summed E-state index contributed by atoms with van der Waals surface area (Å²) < 4.78 is 0. The van der Waals surface area contributed by atoms with Gasteiger partial charge in [-0.05, 0) is 25.0 Å². The van der Waals surface area contributed by atoms with Gasteiger partial charge in [0.1, 0.15) is 0 Å². The van der Waals surface area contributed by atoms with Crippen molar-refractivity contribution in [1.29, 1.82) is 0 Å². The molecule has 114 valence electrons. The van der Waals surface area contributed by atoms with Gasteiger partial charge < -0.3 is 4.98 Å². The van der Waals surface area contributed by atoms with E-state index in [1.54, 1.807) is 6.20 Å². The molecule has 0 fully saturated rings. The summed E-state index contributed by atoms with van der Waals surface area (Å²) in [5.74, 6) is -0.543. The van der Waals surface area contributed by atoms with Gasteiger partial charge in [-0.2, -0.15) is 0 Å². The van der Waals surface area contributed by atoms with Crippen molar-refractivity contribution < 1.29 is 9.59 Å². The molecule has 2 aromatic carbocycles. The first-order chi connectivity index (χ1) is 11.1. The van der Waals surface area contributed by atoms with E-state index < -0.39 is 5.78 Å². The number of Topliss-reactive ketones (excluding diaryl/α,β-unsaturated/α-hetero) is 1. The molecule has 0 spiro atoms. The van der Waals surface area contributed by atoms with Crippen molar-refractivity contribution in [3.8, 4) is 22.3 Å². The maximum Gasteiger partial charge on any atom is 0.242 e. The second-order valence-corrected chi connectivity index (χ2v) is 5.67. The van der Waals surface area contributed by atoms with E-state index in [9.17, 15) is 9.59 Å². The van der Waals surface area contributed by atoms with E-state index in [0.717, 1.165) is 27.8 Å². The Hall–Kier alpha value is -2.94. The quantitative estimate of drug-likeness (QED) is 0.442. The number of ketones is 1. The second kappa shape index (κ2) is 6.05. The lowest BCUT2D eigenvalue weighted by Gasteiger charge is -2.08. The Balaban J connectivity index is 2.22. The third-order valence-corrected chi connectivity index (χ3v) is 3.94. The van der Waals surface area contributed by atoms with Crippen LogP contribution in [0.1, 0.15) is 21.6 Å². The molecule has 0 aliphatic carbocycles. The van der Waals surface area contributed by atoms with Gasteiger partial charge in [0.05, 0.1) is 5.69 Å². The molecule has 0 amide bonds. The Morgan fingerprint density at radius 1 is 0.870 bits per heavy atom. The molecular formula is C20H17NO2. The smallest absolute Gasteiger partial charge is 0.242 e. The van der Waals surface area contributed by atoms with Gasteiger partial charge >= 0.3 is 0 Å². The summed E-state index contributed by atoms with van der Waals surface area (Å²) in [6.45, 7) is 4.04. The number of aromatic nitrogens is 1. The first-order valence-corrected chi connectivity index (χ1v) is 7.45. The number of rotatable bonds is 4. The summed E-state index contributed by atoms with van der Waals surface area (Å²) in [5.41, 5.74) is 6.25. The number of carbonyl (C=O) groups excluding carboxylic acids is 2. The normalized spacial score (nSPS) is 10.5. The zero-order valence-electron chi connectivity index (χ0n) is 13.1. The van der Waals surface area contributed by atoms with Crippen molar-refractivity contribution in [3.63, 3.8) is 0 Å². The first kappa shape index (κ1) is 15.0. The van der Waals surface area contributed by atoms with Crippen molar-refractivity contribution in [3.05, 3.63) is 71.5 Å². The molecule has 0 aliphatic heterocycles. The maximum atomic E-state index is 12.0. The number of aldehydes is 1. The van der Waals surface area contributed by atoms with Crippen LogP contribution in [0.5, 0.6) is 0 Å². The van der Waals surface area contributed by atoms with Crippen molar-refractivity contribution in [2.75, 3.05) is 0 Å². The lowest BCUT2D eigenvalue weighted by Crippen LogP contribution is -2.02. The minimum Gasteiger partial charge on any atom is -0.357 e. The van der Waals surface area contributed by atoms with Crippen LogP contribution in [0.3, 0.4) is 0 Å². The van der Waals surface area contributed by atoms with Crippen molar-refractivity contribution in [2.45, 2.75) is 13.8 Å². The zero-order valence-corrected chi connectivity index (χ0v) is 13.1.